The van der Waals surface area contributed by atoms with Gasteiger partial charge in [0, 0.05) is 36.8 Å². The highest BCUT2D eigenvalue weighted by Gasteiger charge is 2.20. The Labute approximate surface area is 153 Å². The Hall–Kier alpha value is -0.780. The number of rotatable bonds is 6. The molecule has 0 aromatic heterocycles. The van der Waals surface area contributed by atoms with Crippen molar-refractivity contribution >= 4 is 29.3 Å². The van der Waals surface area contributed by atoms with E-state index in [2.05, 4.69) is 16.3 Å². The Bertz CT molecular complexity index is 599. The predicted molar refractivity (Wildman–Crippen MR) is 99.3 cm³/mol. The molecular formula is C18H24Cl2N2O2. The molecule has 1 aromatic rings. The molecule has 4 nitrogen and oxygen atoms in total. The average Bonchev–Trinajstić information content (AvgIpc) is 2.58. The molecule has 2 aliphatic rings. The standard InChI is InChI=1S/C18H24Cl2N2O2/c1-23-7-6-22-4-2-16(3-5-22)21-11-13-8-14-9-15(19)10-17(20)18(14)24-12-13/h8-10,16,21H,2-7,11-12H2,1H3. The van der Waals surface area contributed by atoms with E-state index in [1.54, 1.807) is 13.2 Å². The van der Waals surface area contributed by atoms with Crippen LogP contribution >= 0.6 is 23.2 Å². The fourth-order valence-corrected chi connectivity index (χ4v) is 3.79. The molecule has 6 heteroatoms. The lowest BCUT2D eigenvalue weighted by Crippen LogP contribution is -2.44. The fourth-order valence-electron chi connectivity index (χ4n) is 3.22. The first-order chi connectivity index (χ1) is 11.7. The topological polar surface area (TPSA) is 33.7 Å². The lowest BCUT2D eigenvalue weighted by atomic mass is 10.0. The van der Waals surface area contributed by atoms with Crippen molar-refractivity contribution in [2.24, 2.45) is 0 Å². The maximum atomic E-state index is 6.18. The second kappa shape index (κ2) is 8.54. The van der Waals surface area contributed by atoms with Crippen molar-refractivity contribution in [3.63, 3.8) is 0 Å². The van der Waals surface area contributed by atoms with Crippen LogP contribution in [0.5, 0.6) is 5.75 Å². The molecule has 0 saturated carbocycles. The van der Waals surface area contributed by atoms with Gasteiger partial charge in [0.05, 0.1) is 11.6 Å². The molecule has 0 radical (unpaired) electrons. The molecule has 1 N–H and O–H groups in total. The van der Waals surface area contributed by atoms with E-state index in [-0.39, 0.29) is 0 Å². The van der Waals surface area contributed by atoms with Crippen LogP contribution in [0, 0.1) is 0 Å². The molecule has 132 valence electrons. The van der Waals surface area contributed by atoms with Crippen LogP contribution in [0.25, 0.3) is 6.08 Å². The average molecular weight is 371 g/mol. The van der Waals surface area contributed by atoms with Crippen molar-refractivity contribution < 1.29 is 9.47 Å². The van der Waals surface area contributed by atoms with E-state index in [1.807, 2.05) is 6.07 Å². The van der Waals surface area contributed by atoms with Crippen molar-refractivity contribution in [3.05, 3.63) is 33.3 Å². The Kier molecular flexibility index (Phi) is 6.42. The van der Waals surface area contributed by atoms with Crippen LogP contribution in [0.4, 0.5) is 0 Å². The maximum absolute atomic E-state index is 6.18. The lowest BCUT2D eigenvalue weighted by Gasteiger charge is -2.32. The summed E-state index contributed by atoms with van der Waals surface area (Å²) in [6, 6.07) is 4.18. The van der Waals surface area contributed by atoms with Crippen molar-refractivity contribution in [3.8, 4) is 5.75 Å². The van der Waals surface area contributed by atoms with Crippen LogP contribution in [0.2, 0.25) is 10.0 Å². The molecule has 1 saturated heterocycles. The van der Waals surface area contributed by atoms with Gasteiger partial charge in [-0.2, -0.15) is 0 Å². The number of methoxy groups -OCH3 is 1. The first kappa shape index (κ1) is 18.0. The molecule has 3 rings (SSSR count). The summed E-state index contributed by atoms with van der Waals surface area (Å²) in [7, 11) is 1.76. The predicted octanol–water partition coefficient (Wildman–Crippen LogP) is 3.47. The molecule has 0 aliphatic carbocycles. The van der Waals surface area contributed by atoms with Gasteiger partial charge in [-0.3, -0.25) is 0 Å². The van der Waals surface area contributed by atoms with Gasteiger partial charge < -0.3 is 19.7 Å². The summed E-state index contributed by atoms with van der Waals surface area (Å²) in [5.41, 5.74) is 2.19. The van der Waals surface area contributed by atoms with Gasteiger partial charge >= 0.3 is 0 Å². The van der Waals surface area contributed by atoms with Gasteiger partial charge in [0.2, 0.25) is 0 Å². The zero-order valence-electron chi connectivity index (χ0n) is 14.0. The van der Waals surface area contributed by atoms with E-state index in [0.717, 1.165) is 44.1 Å². The van der Waals surface area contributed by atoms with Gasteiger partial charge in [0.25, 0.3) is 0 Å². The molecule has 1 fully saturated rings. The first-order valence-electron chi connectivity index (χ1n) is 8.41. The number of piperidine rings is 1. The lowest BCUT2D eigenvalue weighted by molar-refractivity contribution is 0.126. The SMILES string of the molecule is COCCN1CCC(NCC2=Cc3cc(Cl)cc(Cl)c3OC2)CC1. The summed E-state index contributed by atoms with van der Waals surface area (Å²) >= 11 is 12.3. The number of nitrogens with zero attached hydrogens (tertiary/aromatic N) is 1. The van der Waals surface area contributed by atoms with E-state index < -0.39 is 0 Å². The zero-order valence-corrected chi connectivity index (χ0v) is 15.5. The highest BCUT2D eigenvalue weighted by Crippen LogP contribution is 2.36. The number of likely N-dealkylation sites (tertiary alicyclic amines) is 1. The summed E-state index contributed by atoms with van der Waals surface area (Å²) in [4.78, 5) is 2.46. The Morgan fingerprint density at radius 2 is 2.08 bits per heavy atom. The third-order valence-electron chi connectivity index (χ3n) is 4.62. The Balaban J connectivity index is 1.50. The molecule has 0 bridgehead atoms. The zero-order chi connectivity index (χ0) is 16.9. The van der Waals surface area contributed by atoms with Crippen LogP contribution in [-0.2, 0) is 4.74 Å². The second-order valence-electron chi connectivity index (χ2n) is 6.39. The smallest absolute Gasteiger partial charge is 0.145 e. The number of nitrogens with one attached hydrogen (secondary N) is 1. The van der Waals surface area contributed by atoms with Gasteiger partial charge in [-0.15, -0.1) is 0 Å². The van der Waals surface area contributed by atoms with Crippen LogP contribution in [-0.4, -0.2) is 57.4 Å². The number of hydrogen-bond acceptors (Lipinski definition) is 4. The summed E-state index contributed by atoms with van der Waals surface area (Å²) in [5, 5.41) is 4.86. The third kappa shape index (κ3) is 4.64. The summed E-state index contributed by atoms with van der Waals surface area (Å²) < 4.78 is 10.9. The molecule has 0 atom stereocenters. The fraction of sp³-hybridized carbons (Fsp3) is 0.556. The van der Waals surface area contributed by atoms with Crippen molar-refractivity contribution in [1.29, 1.82) is 0 Å². The van der Waals surface area contributed by atoms with Gasteiger partial charge in [-0.25, -0.2) is 0 Å². The van der Waals surface area contributed by atoms with E-state index in [9.17, 15) is 0 Å². The molecule has 1 aromatic carbocycles. The summed E-state index contributed by atoms with van der Waals surface area (Å²) in [6.07, 6.45) is 4.48. The van der Waals surface area contributed by atoms with Crippen molar-refractivity contribution in [2.45, 2.75) is 18.9 Å². The molecule has 0 amide bonds. The normalized spacial score (nSPS) is 18.9. The second-order valence-corrected chi connectivity index (χ2v) is 7.23. The largest absolute Gasteiger partial charge is 0.487 e. The minimum absolute atomic E-state index is 0.564. The molecule has 24 heavy (non-hydrogen) atoms. The molecular weight excluding hydrogens is 347 g/mol. The summed E-state index contributed by atoms with van der Waals surface area (Å²) in [6.45, 7) is 5.52. The van der Waals surface area contributed by atoms with Gasteiger partial charge in [0.1, 0.15) is 12.4 Å². The highest BCUT2D eigenvalue weighted by molar-refractivity contribution is 6.36. The van der Waals surface area contributed by atoms with Crippen molar-refractivity contribution in [1.82, 2.24) is 10.2 Å². The van der Waals surface area contributed by atoms with Crippen molar-refractivity contribution in [2.75, 3.05) is 46.5 Å². The van der Waals surface area contributed by atoms with Gasteiger partial charge in [0.15, 0.2) is 0 Å². The number of fused-ring (bicyclic) bond motifs is 1. The van der Waals surface area contributed by atoms with E-state index >= 15 is 0 Å². The maximum Gasteiger partial charge on any atom is 0.145 e. The Morgan fingerprint density at radius 1 is 1.29 bits per heavy atom. The highest BCUT2D eigenvalue weighted by atomic mass is 35.5. The minimum Gasteiger partial charge on any atom is -0.487 e. The minimum atomic E-state index is 0.564. The van der Waals surface area contributed by atoms with E-state index in [1.165, 1.54) is 18.4 Å². The number of ether oxygens (including phenoxy) is 2. The van der Waals surface area contributed by atoms with Crippen LogP contribution < -0.4 is 10.1 Å². The first-order valence-corrected chi connectivity index (χ1v) is 9.17. The van der Waals surface area contributed by atoms with E-state index in [0.29, 0.717) is 22.7 Å². The van der Waals surface area contributed by atoms with Gasteiger partial charge in [-0.05, 0) is 49.7 Å². The quantitative estimate of drug-likeness (QED) is 0.830. The van der Waals surface area contributed by atoms with Crippen LogP contribution in [0.3, 0.4) is 0 Å². The molecule has 0 unspecified atom stereocenters. The molecule has 2 heterocycles. The molecule has 2 aliphatic heterocycles. The number of hydrogen-bond donors (Lipinski definition) is 1. The van der Waals surface area contributed by atoms with Crippen LogP contribution in [0.15, 0.2) is 17.7 Å². The number of halogens is 2. The van der Waals surface area contributed by atoms with E-state index in [4.69, 9.17) is 32.7 Å². The Morgan fingerprint density at radius 3 is 2.83 bits per heavy atom. The van der Waals surface area contributed by atoms with Gasteiger partial charge in [-0.1, -0.05) is 23.2 Å². The van der Waals surface area contributed by atoms with Crippen LogP contribution in [0.1, 0.15) is 18.4 Å². The molecule has 0 spiro atoms. The summed E-state index contributed by atoms with van der Waals surface area (Å²) in [5.74, 6) is 0.733. The number of benzene rings is 1. The third-order valence-corrected chi connectivity index (χ3v) is 5.11. The monoisotopic (exact) mass is 370 g/mol.